The SMILES string of the molecule is Cc1cc(CSc2ccccc2C(=O)NC(C)c2ccccc2)on1. The Bertz CT molecular complexity index is 846. The summed E-state index contributed by atoms with van der Waals surface area (Å²) >= 11 is 1.57. The highest BCUT2D eigenvalue weighted by atomic mass is 32.2. The van der Waals surface area contributed by atoms with Gasteiger partial charge in [-0.3, -0.25) is 4.79 Å². The van der Waals surface area contributed by atoms with E-state index in [1.165, 1.54) is 0 Å². The average molecular weight is 352 g/mol. The number of amides is 1. The first-order chi connectivity index (χ1) is 12.1. The molecule has 5 heteroatoms. The molecule has 0 saturated carbocycles. The summed E-state index contributed by atoms with van der Waals surface area (Å²) in [5.41, 5.74) is 2.61. The van der Waals surface area contributed by atoms with E-state index in [1.54, 1.807) is 11.8 Å². The molecule has 1 N–H and O–H groups in total. The van der Waals surface area contributed by atoms with E-state index in [0.717, 1.165) is 21.9 Å². The third kappa shape index (κ3) is 4.51. The average Bonchev–Trinajstić information content (AvgIpc) is 3.06. The van der Waals surface area contributed by atoms with Crippen molar-refractivity contribution >= 4 is 17.7 Å². The Morgan fingerprint density at radius 2 is 1.88 bits per heavy atom. The van der Waals surface area contributed by atoms with Gasteiger partial charge in [-0.2, -0.15) is 0 Å². The van der Waals surface area contributed by atoms with Crippen LogP contribution in [0.15, 0.2) is 70.1 Å². The number of hydrogen-bond acceptors (Lipinski definition) is 4. The van der Waals surface area contributed by atoms with Gasteiger partial charge in [-0.05, 0) is 31.5 Å². The Labute approximate surface area is 151 Å². The Morgan fingerprint density at radius 1 is 1.16 bits per heavy atom. The van der Waals surface area contributed by atoms with Crippen molar-refractivity contribution in [3.05, 3.63) is 83.2 Å². The van der Waals surface area contributed by atoms with Crippen molar-refractivity contribution in [3.8, 4) is 0 Å². The molecule has 25 heavy (non-hydrogen) atoms. The molecule has 3 rings (SSSR count). The first kappa shape index (κ1) is 17.3. The number of benzene rings is 2. The molecule has 3 aromatic rings. The second-order valence-electron chi connectivity index (χ2n) is 5.83. The van der Waals surface area contributed by atoms with Crippen LogP contribution in [0.5, 0.6) is 0 Å². The number of thioether (sulfide) groups is 1. The first-order valence-corrected chi connectivity index (χ1v) is 9.12. The van der Waals surface area contributed by atoms with Crippen LogP contribution < -0.4 is 5.32 Å². The van der Waals surface area contributed by atoms with Crippen LogP contribution in [-0.4, -0.2) is 11.1 Å². The minimum Gasteiger partial charge on any atom is -0.360 e. The second-order valence-corrected chi connectivity index (χ2v) is 6.84. The summed E-state index contributed by atoms with van der Waals surface area (Å²) in [4.78, 5) is 13.6. The first-order valence-electron chi connectivity index (χ1n) is 8.13. The maximum absolute atomic E-state index is 12.7. The molecule has 0 radical (unpaired) electrons. The maximum Gasteiger partial charge on any atom is 0.252 e. The van der Waals surface area contributed by atoms with E-state index in [2.05, 4.69) is 10.5 Å². The number of carbonyl (C=O) groups is 1. The summed E-state index contributed by atoms with van der Waals surface area (Å²) in [5, 5.41) is 6.96. The minimum atomic E-state index is -0.0757. The number of nitrogens with one attached hydrogen (secondary N) is 1. The van der Waals surface area contributed by atoms with Gasteiger partial charge in [-0.25, -0.2) is 0 Å². The van der Waals surface area contributed by atoms with E-state index < -0.39 is 0 Å². The predicted octanol–water partition coefficient (Wildman–Crippen LogP) is 4.77. The summed E-state index contributed by atoms with van der Waals surface area (Å²) in [6.07, 6.45) is 0. The Balaban J connectivity index is 1.70. The van der Waals surface area contributed by atoms with Crippen molar-refractivity contribution < 1.29 is 9.32 Å². The van der Waals surface area contributed by atoms with Gasteiger partial charge in [-0.1, -0.05) is 47.6 Å². The molecule has 0 spiro atoms. The van der Waals surface area contributed by atoms with Gasteiger partial charge in [0.2, 0.25) is 0 Å². The van der Waals surface area contributed by atoms with Crippen LogP contribution in [0, 0.1) is 6.92 Å². The molecule has 0 saturated heterocycles. The number of carbonyl (C=O) groups excluding carboxylic acids is 1. The lowest BCUT2D eigenvalue weighted by molar-refractivity contribution is 0.0937. The molecule has 1 amide bonds. The standard InChI is InChI=1S/C20H20N2O2S/c1-14-12-17(24-22-14)13-25-19-11-7-6-10-18(19)20(23)21-15(2)16-8-4-3-5-9-16/h3-12,15H,13H2,1-2H3,(H,21,23). The Hall–Kier alpha value is -2.53. The molecule has 128 valence electrons. The lowest BCUT2D eigenvalue weighted by Crippen LogP contribution is -2.27. The van der Waals surface area contributed by atoms with Gasteiger partial charge in [0.15, 0.2) is 0 Å². The quantitative estimate of drug-likeness (QED) is 0.650. The molecular formula is C20H20N2O2S. The number of aryl methyl sites for hydroxylation is 1. The molecule has 1 heterocycles. The summed E-state index contributed by atoms with van der Waals surface area (Å²) in [7, 11) is 0. The molecule has 1 unspecified atom stereocenters. The Kier molecular flexibility index (Phi) is 5.56. The van der Waals surface area contributed by atoms with E-state index in [-0.39, 0.29) is 11.9 Å². The van der Waals surface area contributed by atoms with Gasteiger partial charge >= 0.3 is 0 Å². The van der Waals surface area contributed by atoms with Gasteiger partial charge in [0.25, 0.3) is 5.91 Å². The van der Waals surface area contributed by atoms with Gasteiger partial charge in [-0.15, -0.1) is 11.8 Å². The van der Waals surface area contributed by atoms with Crippen LogP contribution in [0.2, 0.25) is 0 Å². The molecule has 0 aliphatic heterocycles. The van der Waals surface area contributed by atoms with Crippen molar-refractivity contribution in [3.63, 3.8) is 0 Å². The van der Waals surface area contributed by atoms with Gasteiger partial charge in [0, 0.05) is 11.0 Å². The van der Waals surface area contributed by atoms with Gasteiger partial charge in [0.1, 0.15) is 5.76 Å². The van der Waals surface area contributed by atoms with E-state index in [4.69, 9.17) is 4.52 Å². The summed E-state index contributed by atoms with van der Waals surface area (Å²) in [6.45, 7) is 3.88. The largest absolute Gasteiger partial charge is 0.360 e. The summed E-state index contributed by atoms with van der Waals surface area (Å²) < 4.78 is 5.24. The van der Waals surface area contributed by atoms with Crippen LogP contribution in [-0.2, 0) is 5.75 Å². The fourth-order valence-electron chi connectivity index (χ4n) is 2.51. The zero-order valence-corrected chi connectivity index (χ0v) is 15.0. The highest BCUT2D eigenvalue weighted by molar-refractivity contribution is 7.98. The van der Waals surface area contributed by atoms with Crippen LogP contribution in [0.1, 0.15) is 40.3 Å². The van der Waals surface area contributed by atoms with E-state index >= 15 is 0 Å². The lowest BCUT2D eigenvalue weighted by atomic mass is 10.1. The fourth-order valence-corrected chi connectivity index (χ4v) is 3.44. The number of rotatable bonds is 6. The third-order valence-electron chi connectivity index (χ3n) is 3.83. The summed E-state index contributed by atoms with van der Waals surface area (Å²) in [6, 6.07) is 19.4. The molecule has 0 aliphatic rings. The monoisotopic (exact) mass is 352 g/mol. The fraction of sp³-hybridized carbons (Fsp3) is 0.200. The zero-order chi connectivity index (χ0) is 17.6. The Morgan fingerprint density at radius 3 is 2.60 bits per heavy atom. The van der Waals surface area contributed by atoms with Crippen molar-refractivity contribution in [2.45, 2.75) is 30.5 Å². The molecule has 0 aliphatic carbocycles. The van der Waals surface area contributed by atoms with E-state index in [9.17, 15) is 4.79 Å². The van der Waals surface area contributed by atoms with Crippen molar-refractivity contribution in [2.75, 3.05) is 0 Å². The number of aromatic nitrogens is 1. The maximum atomic E-state index is 12.7. The van der Waals surface area contributed by atoms with E-state index in [1.807, 2.05) is 74.5 Å². The van der Waals surface area contributed by atoms with Crippen molar-refractivity contribution in [1.82, 2.24) is 10.5 Å². The summed E-state index contributed by atoms with van der Waals surface area (Å²) in [5.74, 6) is 1.36. The van der Waals surface area contributed by atoms with Crippen molar-refractivity contribution in [2.24, 2.45) is 0 Å². The molecule has 0 bridgehead atoms. The normalized spacial score (nSPS) is 11.9. The number of nitrogens with zero attached hydrogens (tertiary/aromatic N) is 1. The topological polar surface area (TPSA) is 55.1 Å². The van der Waals surface area contributed by atoms with Crippen LogP contribution >= 0.6 is 11.8 Å². The zero-order valence-electron chi connectivity index (χ0n) is 14.2. The van der Waals surface area contributed by atoms with Crippen LogP contribution in [0.4, 0.5) is 0 Å². The second kappa shape index (κ2) is 8.03. The molecule has 0 fully saturated rings. The molecular weight excluding hydrogens is 332 g/mol. The lowest BCUT2D eigenvalue weighted by Gasteiger charge is -2.15. The molecule has 1 aromatic heterocycles. The smallest absolute Gasteiger partial charge is 0.252 e. The molecule has 4 nitrogen and oxygen atoms in total. The van der Waals surface area contributed by atoms with Gasteiger partial charge < -0.3 is 9.84 Å². The molecule has 1 atom stereocenters. The predicted molar refractivity (Wildman–Crippen MR) is 99.6 cm³/mol. The highest BCUT2D eigenvalue weighted by Gasteiger charge is 2.15. The van der Waals surface area contributed by atoms with E-state index in [0.29, 0.717) is 11.3 Å². The highest BCUT2D eigenvalue weighted by Crippen LogP contribution is 2.27. The molecule has 2 aromatic carbocycles. The van der Waals surface area contributed by atoms with Gasteiger partial charge in [0.05, 0.1) is 23.1 Å². The van der Waals surface area contributed by atoms with Crippen molar-refractivity contribution in [1.29, 1.82) is 0 Å². The third-order valence-corrected chi connectivity index (χ3v) is 4.92. The van der Waals surface area contributed by atoms with Crippen LogP contribution in [0.3, 0.4) is 0 Å². The van der Waals surface area contributed by atoms with Crippen LogP contribution in [0.25, 0.3) is 0 Å². The minimum absolute atomic E-state index is 0.0521. The number of hydrogen-bond donors (Lipinski definition) is 1.